The summed E-state index contributed by atoms with van der Waals surface area (Å²) < 4.78 is 5.63. The van der Waals surface area contributed by atoms with Crippen molar-refractivity contribution >= 4 is 0 Å². The van der Waals surface area contributed by atoms with Gasteiger partial charge >= 0.3 is 0 Å². The first-order chi connectivity index (χ1) is 9.29. The topological polar surface area (TPSA) is 25.2 Å². The second kappa shape index (κ2) is 10.1. The molecule has 0 radical (unpaired) electrons. The van der Waals surface area contributed by atoms with Crippen LogP contribution in [0.25, 0.3) is 0 Å². The average molecular weight is 265 g/mol. The first kappa shape index (κ1) is 16.3. The predicted octanol–water partition coefficient (Wildman–Crippen LogP) is 5.38. The van der Waals surface area contributed by atoms with Crippen LogP contribution in [0.1, 0.15) is 82.6 Å². The molecule has 1 aromatic heterocycles. The van der Waals surface area contributed by atoms with Crippen LogP contribution < -0.4 is 5.32 Å². The Bertz CT molecular complexity index is 319. The van der Waals surface area contributed by atoms with E-state index in [2.05, 4.69) is 32.2 Å². The van der Waals surface area contributed by atoms with Crippen LogP contribution in [0.4, 0.5) is 0 Å². The number of aryl methyl sites for hydroxylation is 1. The Morgan fingerprint density at radius 3 is 2.32 bits per heavy atom. The molecule has 0 spiro atoms. The van der Waals surface area contributed by atoms with Crippen molar-refractivity contribution in [1.29, 1.82) is 0 Å². The van der Waals surface area contributed by atoms with E-state index in [1.54, 1.807) is 6.26 Å². The smallest absolute Gasteiger partial charge is 0.123 e. The highest BCUT2D eigenvalue weighted by Gasteiger charge is 2.15. The summed E-state index contributed by atoms with van der Waals surface area (Å²) >= 11 is 0. The molecule has 0 amide bonds. The summed E-state index contributed by atoms with van der Waals surface area (Å²) in [6.07, 6.45) is 12.6. The van der Waals surface area contributed by atoms with Crippen molar-refractivity contribution in [2.45, 2.75) is 78.2 Å². The van der Waals surface area contributed by atoms with Crippen molar-refractivity contribution in [3.05, 3.63) is 23.7 Å². The highest BCUT2D eigenvalue weighted by molar-refractivity contribution is 5.18. The summed E-state index contributed by atoms with van der Waals surface area (Å²) in [5.41, 5.74) is 1.27. The van der Waals surface area contributed by atoms with Gasteiger partial charge < -0.3 is 9.73 Å². The molecule has 0 saturated carbocycles. The molecule has 110 valence electrons. The lowest BCUT2D eigenvalue weighted by Crippen LogP contribution is -2.21. The minimum atomic E-state index is 0.399. The maximum atomic E-state index is 5.63. The van der Waals surface area contributed by atoms with E-state index in [1.165, 1.54) is 56.9 Å². The van der Waals surface area contributed by atoms with Gasteiger partial charge in [0, 0.05) is 0 Å². The molecule has 0 aliphatic rings. The van der Waals surface area contributed by atoms with Crippen LogP contribution in [-0.4, -0.2) is 6.54 Å². The quantitative estimate of drug-likeness (QED) is 0.543. The molecule has 1 N–H and O–H groups in total. The first-order valence-electron chi connectivity index (χ1n) is 8.07. The van der Waals surface area contributed by atoms with E-state index in [0.717, 1.165) is 12.3 Å². The number of unbranched alkanes of at least 4 members (excludes halogenated alkanes) is 6. The van der Waals surface area contributed by atoms with Crippen molar-refractivity contribution in [3.8, 4) is 0 Å². The summed E-state index contributed by atoms with van der Waals surface area (Å²) in [5, 5.41) is 3.54. The molecule has 2 heteroatoms. The fourth-order valence-corrected chi connectivity index (χ4v) is 2.62. The van der Waals surface area contributed by atoms with Crippen LogP contribution in [0.3, 0.4) is 0 Å². The molecular formula is C17H31NO. The Labute approximate surface area is 119 Å². The molecule has 1 heterocycles. The van der Waals surface area contributed by atoms with Crippen LogP contribution in [0.5, 0.6) is 0 Å². The molecular weight excluding hydrogens is 234 g/mol. The van der Waals surface area contributed by atoms with E-state index in [9.17, 15) is 0 Å². The van der Waals surface area contributed by atoms with Crippen LogP contribution >= 0.6 is 0 Å². The van der Waals surface area contributed by atoms with Crippen LogP contribution in [0.15, 0.2) is 16.7 Å². The Kier molecular flexibility index (Phi) is 8.64. The SMILES string of the molecule is CCCCCCCCCC(NCC)c1occc1C. The van der Waals surface area contributed by atoms with Gasteiger partial charge in [-0.15, -0.1) is 0 Å². The molecule has 1 atom stereocenters. The molecule has 1 aromatic rings. The van der Waals surface area contributed by atoms with Gasteiger partial charge in [0.25, 0.3) is 0 Å². The predicted molar refractivity (Wildman–Crippen MR) is 82.5 cm³/mol. The van der Waals surface area contributed by atoms with Crippen molar-refractivity contribution < 1.29 is 4.42 Å². The van der Waals surface area contributed by atoms with Gasteiger partial charge in [0.15, 0.2) is 0 Å². The largest absolute Gasteiger partial charge is 0.467 e. The molecule has 2 nitrogen and oxygen atoms in total. The lowest BCUT2D eigenvalue weighted by Gasteiger charge is -2.16. The van der Waals surface area contributed by atoms with Gasteiger partial charge in [0.05, 0.1) is 12.3 Å². The van der Waals surface area contributed by atoms with Crippen molar-refractivity contribution in [1.82, 2.24) is 5.32 Å². The van der Waals surface area contributed by atoms with E-state index in [1.807, 2.05) is 0 Å². The Morgan fingerprint density at radius 2 is 1.74 bits per heavy atom. The van der Waals surface area contributed by atoms with Gasteiger partial charge in [0.1, 0.15) is 5.76 Å². The Balaban J connectivity index is 2.22. The number of rotatable bonds is 11. The molecule has 19 heavy (non-hydrogen) atoms. The maximum Gasteiger partial charge on any atom is 0.123 e. The minimum Gasteiger partial charge on any atom is -0.467 e. The van der Waals surface area contributed by atoms with E-state index in [4.69, 9.17) is 4.42 Å². The van der Waals surface area contributed by atoms with Gasteiger partial charge in [-0.3, -0.25) is 0 Å². The third-order valence-corrected chi connectivity index (χ3v) is 3.77. The Morgan fingerprint density at radius 1 is 1.05 bits per heavy atom. The lowest BCUT2D eigenvalue weighted by atomic mass is 10.0. The molecule has 1 unspecified atom stereocenters. The highest BCUT2D eigenvalue weighted by atomic mass is 16.3. The molecule has 0 aliphatic heterocycles. The number of hydrogen-bond acceptors (Lipinski definition) is 2. The van der Waals surface area contributed by atoms with Gasteiger partial charge in [-0.2, -0.15) is 0 Å². The average Bonchev–Trinajstić information content (AvgIpc) is 2.82. The second-order valence-corrected chi connectivity index (χ2v) is 5.49. The highest BCUT2D eigenvalue weighted by Crippen LogP contribution is 2.24. The lowest BCUT2D eigenvalue weighted by molar-refractivity contribution is 0.386. The number of nitrogens with one attached hydrogen (secondary N) is 1. The van der Waals surface area contributed by atoms with E-state index < -0.39 is 0 Å². The standard InChI is InChI=1S/C17H31NO/c1-4-6-7-8-9-10-11-12-16(18-5-2)17-15(3)13-14-19-17/h13-14,16,18H,4-12H2,1-3H3. The molecule has 0 fully saturated rings. The second-order valence-electron chi connectivity index (χ2n) is 5.49. The fraction of sp³-hybridized carbons (Fsp3) is 0.765. The van der Waals surface area contributed by atoms with Crippen LogP contribution in [-0.2, 0) is 0 Å². The van der Waals surface area contributed by atoms with E-state index >= 15 is 0 Å². The van der Waals surface area contributed by atoms with Crippen molar-refractivity contribution in [2.75, 3.05) is 6.54 Å². The summed E-state index contributed by atoms with van der Waals surface area (Å²) in [6.45, 7) is 7.57. The third-order valence-electron chi connectivity index (χ3n) is 3.77. The Hall–Kier alpha value is -0.760. The minimum absolute atomic E-state index is 0.399. The molecule has 0 saturated heterocycles. The van der Waals surface area contributed by atoms with E-state index in [0.29, 0.717) is 6.04 Å². The molecule has 0 bridgehead atoms. The van der Waals surface area contributed by atoms with Gasteiger partial charge in [-0.05, 0) is 31.5 Å². The normalized spacial score (nSPS) is 12.8. The summed E-state index contributed by atoms with van der Waals surface area (Å²) in [7, 11) is 0. The summed E-state index contributed by atoms with van der Waals surface area (Å²) in [4.78, 5) is 0. The van der Waals surface area contributed by atoms with Crippen molar-refractivity contribution in [3.63, 3.8) is 0 Å². The fourth-order valence-electron chi connectivity index (χ4n) is 2.62. The third kappa shape index (κ3) is 6.29. The molecule has 0 aromatic carbocycles. The summed E-state index contributed by atoms with van der Waals surface area (Å²) in [5.74, 6) is 1.13. The van der Waals surface area contributed by atoms with Crippen LogP contribution in [0, 0.1) is 6.92 Å². The number of furan rings is 1. The van der Waals surface area contributed by atoms with Gasteiger partial charge in [-0.1, -0.05) is 58.8 Å². The van der Waals surface area contributed by atoms with E-state index in [-0.39, 0.29) is 0 Å². The zero-order valence-electron chi connectivity index (χ0n) is 13.0. The zero-order chi connectivity index (χ0) is 13.9. The van der Waals surface area contributed by atoms with Crippen LogP contribution in [0.2, 0.25) is 0 Å². The maximum absolute atomic E-state index is 5.63. The molecule has 0 aliphatic carbocycles. The molecule has 1 rings (SSSR count). The summed E-state index contributed by atoms with van der Waals surface area (Å²) in [6, 6.07) is 2.46. The zero-order valence-corrected chi connectivity index (χ0v) is 13.0. The van der Waals surface area contributed by atoms with Crippen molar-refractivity contribution in [2.24, 2.45) is 0 Å². The number of hydrogen-bond donors (Lipinski definition) is 1. The first-order valence-corrected chi connectivity index (χ1v) is 8.07. The monoisotopic (exact) mass is 265 g/mol. The van der Waals surface area contributed by atoms with Gasteiger partial charge in [0.2, 0.25) is 0 Å². The van der Waals surface area contributed by atoms with Gasteiger partial charge in [-0.25, -0.2) is 0 Å².